The highest BCUT2D eigenvalue weighted by Gasteiger charge is 2.51. The molecule has 1 aliphatic carbocycles. The molecular formula is C21H27F3N4O3. The van der Waals surface area contributed by atoms with E-state index in [4.69, 9.17) is 5.73 Å². The molecule has 5 N–H and O–H groups in total. The molecule has 2 aromatic rings. The van der Waals surface area contributed by atoms with Gasteiger partial charge >= 0.3 is 6.18 Å². The van der Waals surface area contributed by atoms with E-state index in [9.17, 15) is 28.2 Å². The Balaban J connectivity index is 1.84. The van der Waals surface area contributed by atoms with Crippen molar-refractivity contribution < 1.29 is 28.2 Å². The lowest BCUT2D eigenvalue weighted by atomic mass is 9.77. The Morgan fingerprint density at radius 3 is 2.45 bits per heavy atom. The second-order valence-corrected chi connectivity index (χ2v) is 8.79. The molecule has 170 valence electrons. The maximum atomic E-state index is 13.0. The molecule has 0 spiro atoms. The van der Waals surface area contributed by atoms with Gasteiger partial charge in [-0.15, -0.1) is 0 Å². The van der Waals surface area contributed by atoms with Crippen LogP contribution >= 0.6 is 0 Å². The van der Waals surface area contributed by atoms with Crippen molar-refractivity contribution in [3.05, 3.63) is 41.6 Å². The number of anilines is 2. The second-order valence-electron chi connectivity index (χ2n) is 8.79. The summed E-state index contributed by atoms with van der Waals surface area (Å²) in [7, 11) is 0. The van der Waals surface area contributed by atoms with Gasteiger partial charge in [-0.25, -0.2) is 0 Å². The first kappa shape index (κ1) is 23.1. The van der Waals surface area contributed by atoms with Crippen LogP contribution in [0.5, 0.6) is 0 Å². The molecule has 1 heterocycles. The van der Waals surface area contributed by atoms with Crippen LogP contribution in [0.1, 0.15) is 62.0 Å². The summed E-state index contributed by atoms with van der Waals surface area (Å²) in [6, 6.07) is 5.00. The first-order valence-corrected chi connectivity index (χ1v) is 9.99. The van der Waals surface area contributed by atoms with E-state index in [0.29, 0.717) is 31.9 Å². The number of nitrogens with zero attached hydrogens (tertiary/aromatic N) is 2. The van der Waals surface area contributed by atoms with Crippen LogP contribution in [0.15, 0.2) is 30.5 Å². The number of hydrogen-bond donors (Lipinski definition) is 4. The topological polar surface area (TPSA) is 113 Å². The third-order valence-electron chi connectivity index (χ3n) is 6.00. The summed E-state index contributed by atoms with van der Waals surface area (Å²) in [5.41, 5.74) is 1.99. The number of alkyl halides is 3. The minimum absolute atomic E-state index is 0.0295. The van der Waals surface area contributed by atoms with Gasteiger partial charge in [-0.3, -0.25) is 9.48 Å². The molecule has 31 heavy (non-hydrogen) atoms. The molecule has 1 aliphatic rings. The minimum Gasteiger partial charge on any atom is -0.390 e. The number of carbonyl (C=O) groups is 1. The van der Waals surface area contributed by atoms with Crippen molar-refractivity contribution in [1.29, 1.82) is 0 Å². The standard InChI is InChI=1S/C21H27F3N4O3/c1-12-10-19(2,30)9-8-16(12)28-11-15(17(25)29)18(27-28)26-14-6-4-13(5-7-14)20(3,31)21(22,23)24/h4-7,11-12,16,30-31H,8-10H2,1-3H3,(H2,25,29)(H,26,27)/t12-,16-,19-,20-/m0/s1. The van der Waals surface area contributed by atoms with Crippen LogP contribution in [-0.2, 0) is 5.60 Å². The third kappa shape index (κ3) is 4.69. The van der Waals surface area contributed by atoms with Crippen LogP contribution in [0, 0.1) is 5.92 Å². The maximum absolute atomic E-state index is 13.0. The zero-order chi connectivity index (χ0) is 23.2. The molecule has 0 aliphatic heterocycles. The predicted molar refractivity (Wildman–Crippen MR) is 109 cm³/mol. The van der Waals surface area contributed by atoms with Gasteiger partial charge < -0.3 is 21.3 Å². The lowest BCUT2D eigenvalue weighted by molar-refractivity contribution is -0.258. The van der Waals surface area contributed by atoms with E-state index < -0.39 is 23.3 Å². The molecule has 0 unspecified atom stereocenters. The highest BCUT2D eigenvalue weighted by atomic mass is 19.4. The van der Waals surface area contributed by atoms with Crippen LogP contribution in [0.4, 0.5) is 24.7 Å². The van der Waals surface area contributed by atoms with Crippen LogP contribution in [0.3, 0.4) is 0 Å². The summed E-state index contributed by atoms with van der Waals surface area (Å²) < 4.78 is 40.7. The molecule has 0 radical (unpaired) electrons. The van der Waals surface area contributed by atoms with Gasteiger partial charge in [0, 0.05) is 11.9 Å². The van der Waals surface area contributed by atoms with Crippen molar-refractivity contribution in [2.45, 2.75) is 63.5 Å². The third-order valence-corrected chi connectivity index (χ3v) is 6.00. The SMILES string of the molecule is C[C@H]1C[C@@](C)(O)CC[C@@H]1n1cc(C(N)=O)c(Nc2ccc([C@](C)(O)C(F)(F)F)cc2)n1. The molecule has 3 rings (SSSR count). The minimum atomic E-state index is -4.82. The van der Waals surface area contributed by atoms with Gasteiger partial charge in [0.15, 0.2) is 11.4 Å². The highest BCUT2D eigenvalue weighted by molar-refractivity contribution is 5.98. The van der Waals surface area contributed by atoms with E-state index in [1.165, 1.54) is 12.1 Å². The lowest BCUT2D eigenvalue weighted by Gasteiger charge is -2.38. The number of amides is 1. The van der Waals surface area contributed by atoms with Gasteiger partial charge in [0.25, 0.3) is 5.91 Å². The molecule has 0 bridgehead atoms. The van der Waals surface area contributed by atoms with Gasteiger partial charge in [-0.05, 0) is 56.7 Å². The number of benzene rings is 1. The molecule has 1 fully saturated rings. The summed E-state index contributed by atoms with van der Waals surface area (Å²) >= 11 is 0. The zero-order valence-electron chi connectivity index (χ0n) is 17.6. The van der Waals surface area contributed by atoms with Crippen LogP contribution in [0.2, 0.25) is 0 Å². The molecular weight excluding hydrogens is 413 g/mol. The first-order valence-electron chi connectivity index (χ1n) is 9.99. The number of carbonyl (C=O) groups excluding carboxylic acids is 1. The van der Waals surface area contributed by atoms with Gasteiger partial charge in [0.05, 0.1) is 11.6 Å². The van der Waals surface area contributed by atoms with Crippen molar-refractivity contribution in [2.24, 2.45) is 11.7 Å². The number of halogens is 3. The van der Waals surface area contributed by atoms with E-state index in [1.807, 2.05) is 6.92 Å². The number of nitrogens with two attached hydrogens (primary N) is 1. The van der Waals surface area contributed by atoms with Crippen molar-refractivity contribution in [3.63, 3.8) is 0 Å². The van der Waals surface area contributed by atoms with E-state index in [-0.39, 0.29) is 28.9 Å². The zero-order valence-corrected chi connectivity index (χ0v) is 17.6. The highest BCUT2D eigenvalue weighted by Crippen LogP contribution is 2.40. The van der Waals surface area contributed by atoms with Crippen LogP contribution in [0.25, 0.3) is 0 Å². The molecule has 1 saturated carbocycles. The summed E-state index contributed by atoms with van der Waals surface area (Å²) in [5.74, 6) is -0.394. The molecule has 1 aromatic carbocycles. The van der Waals surface area contributed by atoms with E-state index in [0.717, 1.165) is 12.1 Å². The molecule has 7 nitrogen and oxygen atoms in total. The van der Waals surface area contributed by atoms with Crippen LogP contribution < -0.4 is 11.1 Å². The van der Waals surface area contributed by atoms with Gasteiger partial charge in [-0.2, -0.15) is 18.3 Å². The Morgan fingerprint density at radius 1 is 1.32 bits per heavy atom. The molecule has 4 atom stereocenters. The van der Waals surface area contributed by atoms with Crippen molar-refractivity contribution >= 4 is 17.4 Å². The number of nitrogens with one attached hydrogen (secondary N) is 1. The Morgan fingerprint density at radius 2 is 1.94 bits per heavy atom. The fourth-order valence-electron chi connectivity index (χ4n) is 4.08. The van der Waals surface area contributed by atoms with Gasteiger partial charge in [0.1, 0.15) is 5.56 Å². The fraction of sp³-hybridized carbons (Fsp3) is 0.524. The van der Waals surface area contributed by atoms with E-state index in [2.05, 4.69) is 10.4 Å². The Labute approximate surface area is 178 Å². The molecule has 10 heteroatoms. The summed E-state index contributed by atoms with van der Waals surface area (Å²) in [6.07, 6.45) is -1.41. The van der Waals surface area contributed by atoms with E-state index >= 15 is 0 Å². The average molecular weight is 440 g/mol. The first-order chi connectivity index (χ1) is 14.2. The molecule has 1 amide bonds. The maximum Gasteiger partial charge on any atom is 0.421 e. The monoisotopic (exact) mass is 440 g/mol. The van der Waals surface area contributed by atoms with Crippen molar-refractivity contribution in [1.82, 2.24) is 9.78 Å². The van der Waals surface area contributed by atoms with Crippen molar-refractivity contribution in [2.75, 3.05) is 5.32 Å². The Bertz CT molecular complexity index is 952. The fourth-order valence-corrected chi connectivity index (χ4v) is 4.08. The van der Waals surface area contributed by atoms with Crippen molar-refractivity contribution in [3.8, 4) is 0 Å². The number of primary amides is 1. The van der Waals surface area contributed by atoms with Gasteiger partial charge in [0.2, 0.25) is 0 Å². The summed E-state index contributed by atoms with van der Waals surface area (Å²) in [5, 5.41) is 27.4. The second kappa shape index (κ2) is 7.83. The quantitative estimate of drug-likeness (QED) is 0.567. The Hall–Kier alpha value is -2.59. The smallest absolute Gasteiger partial charge is 0.390 e. The number of hydrogen-bond acceptors (Lipinski definition) is 5. The van der Waals surface area contributed by atoms with Crippen LogP contribution in [-0.4, -0.2) is 37.7 Å². The molecule has 0 saturated heterocycles. The summed E-state index contributed by atoms with van der Waals surface area (Å²) in [6.45, 7) is 4.48. The van der Waals surface area contributed by atoms with E-state index in [1.54, 1.807) is 17.8 Å². The number of aromatic nitrogens is 2. The summed E-state index contributed by atoms with van der Waals surface area (Å²) in [4.78, 5) is 11.9. The largest absolute Gasteiger partial charge is 0.421 e. The predicted octanol–water partition coefficient (Wildman–Crippen LogP) is 3.61. The lowest BCUT2D eigenvalue weighted by Crippen LogP contribution is -2.39. The van der Waals surface area contributed by atoms with Gasteiger partial charge in [-0.1, -0.05) is 19.1 Å². The number of aliphatic hydroxyl groups is 2. The number of rotatable bonds is 5. The normalized spacial score (nSPS) is 26.3. The Kier molecular flexibility index (Phi) is 5.83. The average Bonchev–Trinajstić information content (AvgIpc) is 3.04. The molecule has 1 aromatic heterocycles.